The summed E-state index contributed by atoms with van der Waals surface area (Å²) in [5, 5.41) is 12.3. The number of fused-ring (bicyclic) bond motifs is 3. The average Bonchev–Trinajstić information content (AvgIpc) is 3.40. The molecule has 1 unspecified atom stereocenters. The average molecular weight is 481 g/mol. The third-order valence-electron chi connectivity index (χ3n) is 7.25. The van der Waals surface area contributed by atoms with Crippen LogP contribution >= 0.6 is 11.8 Å². The van der Waals surface area contributed by atoms with Gasteiger partial charge in [-0.15, -0.1) is 11.8 Å². The van der Waals surface area contributed by atoms with E-state index in [-0.39, 0.29) is 36.8 Å². The molecule has 1 heterocycles. The summed E-state index contributed by atoms with van der Waals surface area (Å²) in [4.78, 5) is 38.6. The maximum absolute atomic E-state index is 12.9. The summed E-state index contributed by atoms with van der Waals surface area (Å²) in [6.45, 7) is 0.217. The molecule has 34 heavy (non-hydrogen) atoms. The molecular weight excluding hydrogens is 452 g/mol. The van der Waals surface area contributed by atoms with Crippen molar-refractivity contribution in [1.82, 2.24) is 10.2 Å². The van der Waals surface area contributed by atoms with E-state index in [9.17, 15) is 19.5 Å². The van der Waals surface area contributed by atoms with Crippen LogP contribution in [0.4, 0.5) is 4.79 Å². The van der Waals surface area contributed by atoms with Gasteiger partial charge in [-0.3, -0.25) is 4.79 Å². The molecule has 2 amide bonds. The fourth-order valence-electron chi connectivity index (χ4n) is 5.17. The Bertz CT molecular complexity index is 1060. The van der Waals surface area contributed by atoms with Crippen molar-refractivity contribution >= 4 is 29.7 Å². The second-order valence-electron chi connectivity index (χ2n) is 9.19. The van der Waals surface area contributed by atoms with E-state index in [0.717, 1.165) is 30.4 Å². The molecule has 0 aromatic heterocycles. The Morgan fingerprint density at radius 2 is 1.71 bits per heavy atom. The predicted molar refractivity (Wildman–Crippen MR) is 130 cm³/mol. The van der Waals surface area contributed by atoms with Gasteiger partial charge in [0.2, 0.25) is 5.91 Å². The molecule has 0 radical (unpaired) electrons. The van der Waals surface area contributed by atoms with Crippen molar-refractivity contribution in [2.24, 2.45) is 5.92 Å². The summed E-state index contributed by atoms with van der Waals surface area (Å²) >= 11 is 1.44. The normalized spacial score (nSPS) is 20.2. The number of carbonyl (C=O) groups is 3. The summed E-state index contributed by atoms with van der Waals surface area (Å²) in [6.07, 6.45) is 2.52. The molecule has 2 aromatic rings. The summed E-state index contributed by atoms with van der Waals surface area (Å²) in [5.74, 6) is -0.258. The number of nitrogens with zero attached hydrogens (tertiary/aromatic N) is 1. The zero-order valence-corrected chi connectivity index (χ0v) is 19.6. The Balaban J connectivity index is 1.23. The first kappa shape index (κ1) is 22.8. The third-order valence-corrected chi connectivity index (χ3v) is 8.26. The van der Waals surface area contributed by atoms with E-state index in [1.165, 1.54) is 27.8 Å². The molecule has 0 spiro atoms. The number of carboxylic acid groups (broad SMARTS) is 1. The molecule has 8 heteroatoms. The maximum Gasteiger partial charge on any atom is 0.407 e. The number of hydrogen-bond acceptors (Lipinski definition) is 5. The Hall–Kier alpha value is -3.00. The summed E-state index contributed by atoms with van der Waals surface area (Å²) in [7, 11) is 0. The second kappa shape index (κ2) is 9.70. The van der Waals surface area contributed by atoms with Crippen molar-refractivity contribution in [1.29, 1.82) is 0 Å². The van der Waals surface area contributed by atoms with E-state index in [0.29, 0.717) is 11.6 Å². The van der Waals surface area contributed by atoms with Crippen molar-refractivity contribution in [3.63, 3.8) is 0 Å². The van der Waals surface area contributed by atoms with Gasteiger partial charge in [-0.05, 0) is 41.0 Å². The number of ether oxygens (including phenoxy) is 1. The van der Waals surface area contributed by atoms with Crippen molar-refractivity contribution in [2.75, 3.05) is 18.2 Å². The van der Waals surface area contributed by atoms with Gasteiger partial charge in [0.15, 0.2) is 0 Å². The molecule has 3 aliphatic rings. The number of carboxylic acids is 1. The van der Waals surface area contributed by atoms with Crippen LogP contribution < -0.4 is 5.32 Å². The maximum atomic E-state index is 12.9. The lowest BCUT2D eigenvalue weighted by molar-refractivity contribution is -0.148. The molecule has 2 atom stereocenters. The van der Waals surface area contributed by atoms with Gasteiger partial charge in [-0.1, -0.05) is 55.0 Å². The van der Waals surface area contributed by atoms with Crippen LogP contribution in [-0.2, 0) is 14.3 Å². The predicted octanol–water partition coefficient (Wildman–Crippen LogP) is 4.07. The number of carbonyl (C=O) groups excluding carboxylic acids is 2. The minimum absolute atomic E-state index is 0.0279. The molecule has 0 bridgehead atoms. The number of rotatable bonds is 7. The standard InChI is InChI=1S/C26H28N2O5S/c29-24(28-15-34-14-23(28)25(30)31)12-22(16-6-5-7-16)27-26(32)33-13-21-19-10-3-1-8-17(19)18-9-2-4-11-20(18)21/h1-4,8-11,16,21-23H,5-7,12-15H2,(H,27,32)(H,30,31)/t22?,23-/m0/s1. The van der Waals surface area contributed by atoms with Crippen molar-refractivity contribution < 1.29 is 24.2 Å². The number of alkyl carbamates (subject to hydrolysis) is 1. The molecule has 2 fully saturated rings. The van der Waals surface area contributed by atoms with Crippen LogP contribution in [0.25, 0.3) is 11.1 Å². The van der Waals surface area contributed by atoms with Gasteiger partial charge in [0.05, 0.1) is 5.88 Å². The van der Waals surface area contributed by atoms with Crippen molar-refractivity contribution in [3.8, 4) is 11.1 Å². The van der Waals surface area contributed by atoms with Gasteiger partial charge in [-0.2, -0.15) is 0 Å². The molecule has 2 aliphatic carbocycles. The van der Waals surface area contributed by atoms with Crippen molar-refractivity contribution in [2.45, 2.75) is 43.7 Å². The van der Waals surface area contributed by atoms with Crippen LogP contribution in [0, 0.1) is 5.92 Å². The van der Waals surface area contributed by atoms with Gasteiger partial charge < -0.3 is 20.1 Å². The first-order valence-corrected chi connectivity index (χ1v) is 12.9. The zero-order valence-electron chi connectivity index (χ0n) is 18.8. The van der Waals surface area contributed by atoms with E-state index < -0.39 is 18.1 Å². The van der Waals surface area contributed by atoms with E-state index in [2.05, 4.69) is 29.6 Å². The van der Waals surface area contributed by atoms with Crippen LogP contribution in [0.15, 0.2) is 48.5 Å². The largest absolute Gasteiger partial charge is 0.480 e. The highest BCUT2D eigenvalue weighted by molar-refractivity contribution is 7.99. The molecule has 178 valence electrons. The minimum Gasteiger partial charge on any atom is -0.480 e. The highest BCUT2D eigenvalue weighted by Gasteiger charge is 2.38. The summed E-state index contributed by atoms with van der Waals surface area (Å²) in [6, 6.07) is 15.2. The third kappa shape index (κ3) is 4.39. The number of benzene rings is 2. The number of nitrogens with one attached hydrogen (secondary N) is 1. The van der Waals surface area contributed by atoms with Gasteiger partial charge in [0.25, 0.3) is 0 Å². The first-order valence-electron chi connectivity index (χ1n) is 11.7. The Morgan fingerprint density at radius 3 is 2.29 bits per heavy atom. The number of amides is 2. The SMILES string of the molecule is O=C(NC(CC(=O)N1CSC[C@H]1C(=O)O)C1CCC1)OCC1c2ccccc2-c2ccccc21. The number of thioether (sulfide) groups is 1. The fraction of sp³-hybridized carbons (Fsp3) is 0.423. The lowest BCUT2D eigenvalue weighted by Crippen LogP contribution is -2.49. The minimum atomic E-state index is -0.983. The molecular formula is C26H28N2O5S. The van der Waals surface area contributed by atoms with E-state index >= 15 is 0 Å². The van der Waals surface area contributed by atoms with Gasteiger partial charge in [0.1, 0.15) is 12.6 Å². The molecule has 1 aliphatic heterocycles. The monoisotopic (exact) mass is 480 g/mol. The smallest absolute Gasteiger partial charge is 0.407 e. The van der Waals surface area contributed by atoms with Crippen LogP contribution in [0.5, 0.6) is 0 Å². The lowest BCUT2D eigenvalue weighted by atomic mass is 9.78. The van der Waals surface area contributed by atoms with Gasteiger partial charge in [0, 0.05) is 24.1 Å². The number of aliphatic carboxylic acids is 1. The Kier molecular flexibility index (Phi) is 6.50. The number of hydrogen-bond donors (Lipinski definition) is 2. The van der Waals surface area contributed by atoms with Gasteiger partial charge in [-0.25, -0.2) is 9.59 Å². The molecule has 2 N–H and O–H groups in total. The van der Waals surface area contributed by atoms with E-state index in [1.54, 1.807) is 0 Å². The summed E-state index contributed by atoms with van der Waals surface area (Å²) < 4.78 is 5.68. The lowest BCUT2D eigenvalue weighted by Gasteiger charge is -2.35. The first-order chi connectivity index (χ1) is 16.5. The second-order valence-corrected chi connectivity index (χ2v) is 10.2. The van der Waals surface area contributed by atoms with Crippen LogP contribution in [0.3, 0.4) is 0 Å². The topological polar surface area (TPSA) is 95.9 Å². The van der Waals surface area contributed by atoms with E-state index in [4.69, 9.17) is 4.74 Å². The zero-order chi connectivity index (χ0) is 23.7. The highest BCUT2D eigenvalue weighted by atomic mass is 32.2. The fourth-order valence-corrected chi connectivity index (χ4v) is 6.34. The van der Waals surface area contributed by atoms with Crippen LogP contribution in [-0.4, -0.2) is 58.3 Å². The quantitative estimate of drug-likeness (QED) is 0.620. The molecule has 5 rings (SSSR count). The van der Waals surface area contributed by atoms with Crippen LogP contribution in [0.2, 0.25) is 0 Å². The Morgan fingerprint density at radius 1 is 1.06 bits per heavy atom. The Labute approximate surface area is 202 Å². The molecule has 2 aromatic carbocycles. The van der Waals surface area contributed by atoms with Gasteiger partial charge >= 0.3 is 12.1 Å². The molecule has 1 saturated heterocycles. The molecule has 7 nitrogen and oxygen atoms in total. The van der Waals surface area contributed by atoms with Crippen molar-refractivity contribution in [3.05, 3.63) is 59.7 Å². The summed E-state index contributed by atoms with van der Waals surface area (Å²) in [5.41, 5.74) is 4.63. The highest BCUT2D eigenvalue weighted by Crippen LogP contribution is 2.44. The van der Waals surface area contributed by atoms with Crippen LogP contribution in [0.1, 0.15) is 42.7 Å². The molecule has 1 saturated carbocycles. The van der Waals surface area contributed by atoms with E-state index in [1.807, 2.05) is 24.3 Å².